The summed E-state index contributed by atoms with van der Waals surface area (Å²) in [7, 11) is 0. The number of hydrogen-bond donors (Lipinski definition) is 2. The second-order valence-electron chi connectivity index (χ2n) is 9.27. The van der Waals surface area contributed by atoms with E-state index in [1.165, 1.54) is 31.7 Å². The van der Waals surface area contributed by atoms with Gasteiger partial charge in [0.1, 0.15) is 22.7 Å². The molecule has 1 aromatic rings. The van der Waals surface area contributed by atoms with E-state index in [4.69, 9.17) is 14.2 Å². The number of alkyl carbamates (subject to hydrolysis) is 1. The fraction of sp³-hybridized carbons (Fsp3) is 0.692. The molecule has 0 bridgehead atoms. The highest BCUT2D eigenvalue weighted by Gasteiger charge is 2.15. The van der Waals surface area contributed by atoms with Crippen LogP contribution >= 0.6 is 0 Å². The molecule has 0 atom stereocenters. The maximum Gasteiger partial charge on any atom is 0.407 e. The van der Waals surface area contributed by atoms with Crippen molar-refractivity contribution in [3.05, 3.63) is 23.8 Å². The number of carbonyl (C=O) groups is 2. The zero-order valence-corrected chi connectivity index (χ0v) is 20.9. The lowest BCUT2D eigenvalue weighted by Gasteiger charge is -2.19. The molecule has 7 heteroatoms. The van der Waals surface area contributed by atoms with Crippen LogP contribution < -0.4 is 14.8 Å². The quantitative estimate of drug-likeness (QED) is 0.252. The molecule has 2 N–H and O–H groups in total. The first-order valence-electron chi connectivity index (χ1n) is 12.3. The molecule has 33 heavy (non-hydrogen) atoms. The van der Waals surface area contributed by atoms with Crippen molar-refractivity contribution in [3.63, 3.8) is 0 Å². The Bertz CT molecular complexity index is 699. The smallest absolute Gasteiger partial charge is 0.407 e. The summed E-state index contributed by atoms with van der Waals surface area (Å²) >= 11 is 0. The maximum absolute atomic E-state index is 11.6. The van der Waals surface area contributed by atoms with Crippen LogP contribution in [-0.4, -0.2) is 42.5 Å². The summed E-state index contributed by atoms with van der Waals surface area (Å²) in [5, 5.41) is 12.2. The molecule has 188 valence electrons. The van der Waals surface area contributed by atoms with Crippen molar-refractivity contribution >= 4 is 12.1 Å². The number of rotatable bonds is 17. The highest BCUT2D eigenvalue weighted by atomic mass is 16.6. The molecule has 1 aromatic carbocycles. The second-order valence-corrected chi connectivity index (χ2v) is 9.27. The van der Waals surface area contributed by atoms with E-state index in [0.717, 1.165) is 38.5 Å². The molecule has 0 saturated carbocycles. The Labute approximate surface area is 199 Å². The van der Waals surface area contributed by atoms with E-state index in [9.17, 15) is 14.7 Å². The van der Waals surface area contributed by atoms with Crippen molar-refractivity contribution < 1.29 is 28.9 Å². The van der Waals surface area contributed by atoms with Gasteiger partial charge in [0.15, 0.2) is 0 Å². The van der Waals surface area contributed by atoms with Gasteiger partial charge in [-0.05, 0) is 52.2 Å². The second kappa shape index (κ2) is 16.2. The summed E-state index contributed by atoms with van der Waals surface area (Å²) in [5.74, 6) is -0.0352. The van der Waals surface area contributed by atoms with Gasteiger partial charge in [-0.15, -0.1) is 0 Å². The molecule has 1 rings (SSSR count). The Morgan fingerprint density at radius 1 is 0.879 bits per heavy atom. The van der Waals surface area contributed by atoms with Crippen LogP contribution in [-0.2, 0) is 4.74 Å². The van der Waals surface area contributed by atoms with Crippen LogP contribution in [0, 0.1) is 0 Å². The van der Waals surface area contributed by atoms with E-state index >= 15 is 0 Å². The number of hydrogen-bond acceptors (Lipinski definition) is 5. The topological polar surface area (TPSA) is 94.1 Å². The lowest BCUT2D eigenvalue weighted by atomic mass is 10.1. The minimum absolute atomic E-state index is 0.142. The molecule has 0 aliphatic carbocycles. The van der Waals surface area contributed by atoms with Crippen LogP contribution in [0.3, 0.4) is 0 Å². The number of ether oxygens (including phenoxy) is 3. The van der Waals surface area contributed by atoms with E-state index in [0.29, 0.717) is 31.3 Å². The number of carboxylic acids is 1. The Hall–Kier alpha value is -2.44. The first kappa shape index (κ1) is 28.6. The molecule has 0 saturated heterocycles. The van der Waals surface area contributed by atoms with Gasteiger partial charge in [-0.1, -0.05) is 51.9 Å². The Kier molecular flexibility index (Phi) is 14.1. The van der Waals surface area contributed by atoms with Gasteiger partial charge in [0.05, 0.1) is 13.2 Å². The number of benzene rings is 1. The summed E-state index contributed by atoms with van der Waals surface area (Å²) in [4.78, 5) is 23.1. The first-order chi connectivity index (χ1) is 15.7. The molecular weight excluding hydrogens is 422 g/mol. The molecule has 0 aliphatic rings. The molecule has 0 unspecified atom stereocenters. The standard InChI is InChI=1S/C26H43NO6/c1-5-6-7-8-10-13-18-31-21-15-16-22(24(28)29)23(20-21)32-19-14-11-9-12-17-27-25(30)33-26(2,3)4/h15-16,20H,5-14,17-19H2,1-4H3,(H,27,30)(H,28,29). The number of amides is 1. The zero-order chi connectivity index (χ0) is 24.5. The van der Waals surface area contributed by atoms with Gasteiger partial charge in [0.2, 0.25) is 0 Å². The monoisotopic (exact) mass is 465 g/mol. The molecule has 0 aliphatic heterocycles. The van der Waals surface area contributed by atoms with Crippen LogP contribution in [0.15, 0.2) is 18.2 Å². The predicted molar refractivity (Wildman–Crippen MR) is 130 cm³/mol. The van der Waals surface area contributed by atoms with E-state index in [1.54, 1.807) is 12.1 Å². The highest BCUT2D eigenvalue weighted by Crippen LogP contribution is 2.26. The zero-order valence-electron chi connectivity index (χ0n) is 20.9. The molecule has 0 radical (unpaired) electrons. The summed E-state index contributed by atoms with van der Waals surface area (Å²) in [5.41, 5.74) is -0.351. The SMILES string of the molecule is CCCCCCCCOc1ccc(C(=O)O)c(OCCCCCCNC(=O)OC(C)(C)C)c1. The highest BCUT2D eigenvalue weighted by molar-refractivity contribution is 5.91. The molecule has 7 nitrogen and oxygen atoms in total. The van der Waals surface area contributed by atoms with Gasteiger partial charge >= 0.3 is 12.1 Å². The normalized spacial score (nSPS) is 11.2. The third kappa shape index (κ3) is 14.3. The Morgan fingerprint density at radius 3 is 2.12 bits per heavy atom. The van der Waals surface area contributed by atoms with E-state index in [1.807, 2.05) is 20.8 Å². The number of aromatic carboxylic acids is 1. The van der Waals surface area contributed by atoms with Crippen LogP contribution in [0.2, 0.25) is 0 Å². The third-order valence-electron chi connectivity index (χ3n) is 4.95. The van der Waals surface area contributed by atoms with Gasteiger partial charge in [-0.3, -0.25) is 0 Å². The summed E-state index contributed by atoms with van der Waals surface area (Å²) < 4.78 is 16.7. The summed E-state index contributed by atoms with van der Waals surface area (Å²) in [6, 6.07) is 4.90. The third-order valence-corrected chi connectivity index (χ3v) is 4.95. The van der Waals surface area contributed by atoms with Gasteiger partial charge < -0.3 is 24.6 Å². The van der Waals surface area contributed by atoms with Crippen molar-refractivity contribution in [1.29, 1.82) is 0 Å². The number of nitrogens with one attached hydrogen (secondary N) is 1. The Balaban J connectivity index is 2.29. The van der Waals surface area contributed by atoms with E-state index < -0.39 is 17.7 Å². The van der Waals surface area contributed by atoms with E-state index in [-0.39, 0.29) is 5.56 Å². The lowest BCUT2D eigenvalue weighted by molar-refractivity contribution is 0.0526. The van der Waals surface area contributed by atoms with Crippen molar-refractivity contribution in [2.24, 2.45) is 0 Å². The molecule has 0 aromatic heterocycles. The van der Waals surface area contributed by atoms with Crippen LogP contribution in [0.5, 0.6) is 11.5 Å². The van der Waals surface area contributed by atoms with Gasteiger partial charge in [0, 0.05) is 12.6 Å². The maximum atomic E-state index is 11.6. The van der Waals surface area contributed by atoms with Gasteiger partial charge in [-0.25, -0.2) is 9.59 Å². The van der Waals surface area contributed by atoms with Crippen LogP contribution in [0.4, 0.5) is 4.79 Å². The fourth-order valence-corrected chi connectivity index (χ4v) is 3.23. The largest absolute Gasteiger partial charge is 0.493 e. The minimum atomic E-state index is -1.01. The molecule has 1 amide bonds. The molecular formula is C26H43NO6. The van der Waals surface area contributed by atoms with Crippen LogP contribution in [0.25, 0.3) is 0 Å². The lowest BCUT2D eigenvalue weighted by Crippen LogP contribution is -2.32. The molecule has 0 fully saturated rings. The average molecular weight is 466 g/mol. The average Bonchev–Trinajstić information content (AvgIpc) is 2.73. The molecule has 0 spiro atoms. The van der Waals surface area contributed by atoms with Crippen LogP contribution in [0.1, 0.15) is 102 Å². The fourth-order valence-electron chi connectivity index (χ4n) is 3.23. The van der Waals surface area contributed by atoms with Crippen molar-refractivity contribution in [3.8, 4) is 11.5 Å². The minimum Gasteiger partial charge on any atom is -0.493 e. The number of unbranched alkanes of at least 4 members (excludes halogenated alkanes) is 8. The first-order valence-corrected chi connectivity index (χ1v) is 12.3. The van der Waals surface area contributed by atoms with E-state index in [2.05, 4.69) is 12.2 Å². The Morgan fingerprint density at radius 2 is 1.48 bits per heavy atom. The molecule has 0 heterocycles. The number of carboxylic acid groups (broad SMARTS) is 1. The van der Waals surface area contributed by atoms with Gasteiger partial charge in [-0.2, -0.15) is 0 Å². The van der Waals surface area contributed by atoms with Crippen molar-refractivity contribution in [1.82, 2.24) is 5.32 Å². The summed E-state index contributed by atoms with van der Waals surface area (Å²) in [6.07, 6.45) is 10.2. The van der Waals surface area contributed by atoms with Crippen molar-refractivity contribution in [2.75, 3.05) is 19.8 Å². The number of carbonyl (C=O) groups excluding carboxylic acids is 1. The van der Waals surface area contributed by atoms with Gasteiger partial charge in [0.25, 0.3) is 0 Å². The van der Waals surface area contributed by atoms with Crippen molar-refractivity contribution in [2.45, 2.75) is 97.5 Å². The predicted octanol–water partition coefficient (Wildman–Crippen LogP) is 6.59. The summed E-state index contributed by atoms with van der Waals surface area (Å²) in [6.45, 7) is 9.32.